The van der Waals surface area contributed by atoms with Crippen LogP contribution in [0.1, 0.15) is 26.0 Å². The molecule has 1 saturated heterocycles. The van der Waals surface area contributed by atoms with Crippen LogP contribution in [0.4, 0.5) is 5.69 Å². The Morgan fingerprint density at radius 2 is 2.12 bits per heavy atom. The molecule has 0 saturated carbocycles. The number of hydrogen-bond donors (Lipinski definition) is 2. The number of hydrogen-bond acceptors (Lipinski definition) is 4. The Hall–Kier alpha value is -1.13. The highest BCUT2D eigenvalue weighted by Crippen LogP contribution is 2.22. The number of nitrogens with zero attached hydrogens (tertiary/aromatic N) is 2. The maximum Gasteiger partial charge on any atom is 0.0564 e. The Kier molecular flexibility index (Phi) is 3.97. The van der Waals surface area contributed by atoms with Crippen LogP contribution in [0.3, 0.4) is 0 Å². The summed E-state index contributed by atoms with van der Waals surface area (Å²) in [5.74, 6) is 6.98. The van der Waals surface area contributed by atoms with Gasteiger partial charge in [0.1, 0.15) is 0 Å². The molecule has 0 spiro atoms. The van der Waals surface area contributed by atoms with Gasteiger partial charge in [0.05, 0.1) is 11.4 Å². The molecule has 2 rings (SSSR count). The molecule has 3 N–H and O–H groups in total. The van der Waals surface area contributed by atoms with Gasteiger partial charge in [-0.05, 0) is 30.4 Å². The van der Waals surface area contributed by atoms with Crippen LogP contribution >= 0.6 is 0 Å². The molecule has 2 atom stereocenters. The average Bonchev–Trinajstić information content (AvgIpc) is 2.28. The smallest absolute Gasteiger partial charge is 0.0564 e. The average molecular weight is 234 g/mol. The van der Waals surface area contributed by atoms with Crippen LogP contribution < -0.4 is 11.3 Å². The molecular weight excluding hydrogens is 212 g/mol. The quantitative estimate of drug-likeness (QED) is 0.619. The molecule has 0 bridgehead atoms. The van der Waals surface area contributed by atoms with Gasteiger partial charge in [0.25, 0.3) is 0 Å². The van der Waals surface area contributed by atoms with Crippen LogP contribution in [0.25, 0.3) is 0 Å². The van der Waals surface area contributed by atoms with E-state index in [0.717, 1.165) is 29.8 Å². The summed E-state index contributed by atoms with van der Waals surface area (Å²) in [6, 6.07) is 3.90. The molecule has 2 unspecified atom stereocenters. The number of nitrogens with two attached hydrogens (primary N) is 1. The van der Waals surface area contributed by atoms with Crippen molar-refractivity contribution in [2.45, 2.75) is 26.8 Å². The number of anilines is 1. The molecule has 1 aliphatic rings. The second-order valence-corrected chi connectivity index (χ2v) is 5.32. The number of aromatic nitrogens is 1. The van der Waals surface area contributed by atoms with Crippen molar-refractivity contribution < 1.29 is 0 Å². The molecule has 0 radical (unpaired) electrons. The summed E-state index contributed by atoms with van der Waals surface area (Å²) < 4.78 is 0. The fourth-order valence-corrected chi connectivity index (χ4v) is 2.80. The van der Waals surface area contributed by atoms with Crippen molar-refractivity contribution in [1.82, 2.24) is 9.88 Å². The first-order valence-corrected chi connectivity index (χ1v) is 6.31. The van der Waals surface area contributed by atoms with Gasteiger partial charge in [-0.2, -0.15) is 0 Å². The third kappa shape index (κ3) is 3.41. The first-order chi connectivity index (χ1) is 8.17. The summed E-state index contributed by atoms with van der Waals surface area (Å²) in [6.07, 6.45) is 3.15. The summed E-state index contributed by atoms with van der Waals surface area (Å²) in [4.78, 5) is 6.88. The van der Waals surface area contributed by atoms with Crippen LogP contribution in [-0.4, -0.2) is 23.0 Å². The van der Waals surface area contributed by atoms with Crippen LogP contribution in [0, 0.1) is 11.8 Å². The van der Waals surface area contributed by atoms with Gasteiger partial charge in [-0.1, -0.05) is 13.8 Å². The Bertz CT molecular complexity index is 356. The lowest BCUT2D eigenvalue weighted by Crippen LogP contribution is -2.38. The van der Waals surface area contributed by atoms with Crippen molar-refractivity contribution in [1.29, 1.82) is 0 Å². The molecule has 4 nitrogen and oxygen atoms in total. The van der Waals surface area contributed by atoms with Gasteiger partial charge in [-0.3, -0.25) is 15.7 Å². The molecule has 17 heavy (non-hydrogen) atoms. The fraction of sp³-hybridized carbons (Fsp3) is 0.615. The zero-order chi connectivity index (χ0) is 12.3. The standard InChI is InChI=1S/C13H22N4/c1-10-5-11(2)8-17(7-10)9-13-6-12(16-14)3-4-15-13/h3-4,6,10-11H,5,7-9,14H2,1-2H3,(H,15,16). The monoisotopic (exact) mass is 234 g/mol. The third-order valence-electron chi connectivity index (χ3n) is 3.31. The van der Waals surface area contributed by atoms with Crippen molar-refractivity contribution in [3.05, 3.63) is 24.0 Å². The first-order valence-electron chi connectivity index (χ1n) is 6.31. The first kappa shape index (κ1) is 12.3. The van der Waals surface area contributed by atoms with Crippen molar-refractivity contribution in [2.75, 3.05) is 18.5 Å². The molecule has 2 heterocycles. The maximum absolute atomic E-state index is 5.40. The maximum atomic E-state index is 5.40. The highest BCUT2D eigenvalue weighted by molar-refractivity contribution is 5.41. The van der Waals surface area contributed by atoms with Gasteiger partial charge < -0.3 is 5.43 Å². The summed E-state index contributed by atoms with van der Waals surface area (Å²) in [7, 11) is 0. The summed E-state index contributed by atoms with van der Waals surface area (Å²) in [6.45, 7) is 7.92. The van der Waals surface area contributed by atoms with E-state index in [1.807, 2.05) is 12.1 Å². The lowest BCUT2D eigenvalue weighted by Gasteiger charge is -2.34. The highest BCUT2D eigenvalue weighted by atomic mass is 15.2. The van der Waals surface area contributed by atoms with E-state index in [1.165, 1.54) is 19.5 Å². The van der Waals surface area contributed by atoms with E-state index in [1.54, 1.807) is 6.20 Å². The number of rotatable bonds is 3. The lowest BCUT2D eigenvalue weighted by molar-refractivity contribution is 0.133. The molecule has 0 aromatic carbocycles. The minimum absolute atomic E-state index is 0.787. The molecular formula is C13H22N4. The summed E-state index contributed by atoms with van der Waals surface area (Å²) >= 11 is 0. The Morgan fingerprint density at radius 3 is 2.76 bits per heavy atom. The summed E-state index contributed by atoms with van der Waals surface area (Å²) in [5.41, 5.74) is 4.67. The van der Waals surface area contributed by atoms with Gasteiger partial charge >= 0.3 is 0 Å². The molecule has 1 aliphatic heterocycles. The van der Waals surface area contributed by atoms with Crippen molar-refractivity contribution >= 4 is 5.69 Å². The van der Waals surface area contributed by atoms with E-state index in [0.29, 0.717) is 0 Å². The zero-order valence-electron chi connectivity index (χ0n) is 10.7. The van der Waals surface area contributed by atoms with E-state index in [9.17, 15) is 0 Å². The van der Waals surface area contributed by atoms with E-state index in [-0.39, 0.29) is 0 Å². The molecule has 1 aromatic rings. The Labute approximate surface area is 103 Å². The van der Waals surface area contributed by atoms with E-state index in [2.05, 4.69) is 29.2 Å². The van der Waals surface area contributed by atoms with Gasteiger partial charge in [-0.25, -0.2) is 0 Å². The number of nitrogens with one attached hydrogen (secondary N) is 1. The van der Waals surface area contributed by atoms with E-state index >= 15 is 0 Å². The Morgan fingerprint density at radius 1 is 1.41 bits per heavy atom. The predicted octanol–water partition coefficient (Wildman–Crippen LogP) is 1.85. The van der Waals surface area contributed by atoms with Crippen LogP contribution in [-0.2, 0) is 6.54 Å². The third-order valence-corrected chi connectivity index (χ3v) is 3.31. The molecule has 94 valence electrons. The van der Waals surface area contributed by atoms with Crippen molar-refractivity contribution in [3.8, 4) is 0 Å². The molecule has 0 amide bonds. The number of piperidine rings is 1. The second kappa shape index (κ2) is 5.47. The van der Waals surface area contributed by atoms with Crippen LogP contribution in [0.5, 0.6) is 0 Å². The zero-order valence-corrected chi connectivity index (χ0v) is 10.7. The highest BCUT2D eigenvalue weighted by Gasteiger charge is 2.21. The molecule has 0 aliphatic carbocycles. The number of nitrogen functional groups attached to an aromatic ring is 1. The molecule has 1 aromatic heterocycles. The minimum Gasteiger partial charge on any atom is -0.324 e. The number of hydrazine groups is 1. The van der Waals surface area contributed by atoms with Crippen LogP contribution in [0.2, 0.25) is 0 Å². The second-order valence-electron chi connectivity index (χ2n) is 5.32. The topological polar surface area (TPSA) is 54.2 Å². The van der Waals surface area contributed by atoms with Crippen molar-refractivity contribution in [2.24, 2.45) is 17.7 Å². The fourth-order valence-electron chi connectivity index (χ4n) is 2.80. The van der Waals surface area contributed by atoms with Gasteiger partial charge in [-0.15, -0.1) is 0 Å². The summed E-state index contributed by atoms with van der Waals surface area (Å²) in [5, 5.41) is 0. The normalized spacial score (nSPS) is 25.8. The van der Waals surface area contributed by atoms with Gasteiger partial charge in [0.15, 0.2) is 0 Å². The lowest BCUT2D eigenvalue weighted by atomic mass is 9.92. The van der Waals surface area contributed by atoms with E-state index in [4.69, 9.17) is 5.84 Å². The predicted molar refractivity (Wildman–Crippen MR) is 70.3 cm³/mol. The molecule has 4 heteroatoms. The minimum atomic E-state index is 0.787. The molecule has 1 fully saturated rings. The van der Waals surface area contributed by atoms with E-state index < -0.39 is 0 Å². The SMILES string of the molecule is CC1CC(C)CN(Cc2cc(NN)ccn2)C1. The number of pyridine rings is 1. The number of likely N-dealkylation sites (tertiary alicyclic amines) is 1. The van der Waals surface area contributed by atoms with Gasteiger partial charge in [0.2, 0.25) is 0 Å². The van der Waals surface area contributed by atoms with Gasteiger partial charge in [0, 0.05) is 25.8 Å². The largest absolute Gasteiger partial charge is 0.324 e. The van der Waals surface area contributed by atoms with Crippen molar-refractivity contribution in [3.63, 3.8) is 0 Å². The van der Waals surface area contributed by atoms with Crippen LogP contribution in [0.15, 0.2) is 18.3 Å². The Balaban J connectivity index is 1.99.